The molecule has 3 aromatic carbocycles. The first-order chi connectivity index (χ1) is 25.1. The molecule has 1 aliphatic carbocycles. The van der Waals surface area contributed by atoms with E-state index in [0.29, 0.717) is 73.6 Å². The molecule has 6 aromatic rings. The van der Waals surface area contributed by atoms with Gasteiger partial charge in [-0.3, -0.25) is 15.0 Å². The van der Waals surface area contributed by atoms with Crippen molar-refractivity contribution in [2.75, 3.05) is 21.3 Å². The molecule has 0 amide bonds. The van der Waals surface area contributed by atoms with Crippen molar-refractivity contribution in [3.8, 4) is 34.5 Å². The van der Waals surface area contributed by atoms with Crippen LogP contribution in [0.1, 0.15) is 50.5 Å². The van der Waals surface area contributed by atoms with Gasteiger partial charge in [0.25, 0.3) is 0 Å². The fourth-order valence-electron chi connectivity index (χ4n) is 6.26. The molecule has 0 fully saturated rings. The Bertz CT molecular complexity index is 1850. The number of aromatic nitrogens is 3. The van der Waals surface area contributed by atoms with Crippen molar-refractivity contribution in [1.29, 1.82) is 0 Å². The second-order valence-corrected chi connectivity index (χ2v) is 12.2. The van der Waals surface area contributed by atoms with Gasteiger partial charge < -0.3 is 28.4 Å². The number of hydrogen-bond donors (Lipinski definition) is 0. The molecule has 0 saturated carbocycles. The van der Waals surface area contributed by atoms with Crippen molar-refractivity contribution >= 4 is 0 Å². The van der Waals surface area contributed by atoms with E-state index < -0.39 is 0 Å². The highest BCUT2D eigenvalue weighted by atomic mass is 16.5. The fraction of sp³-hybridized carbons (Fsp3) is 0.214. The maximum atomic E-state index is 6.32. The molecule has 0 bridgehead atoms. The van der Waals surface area contributed by atoms with Gasteiger partial charge in [0.15, 0.2) is 34.5 Å². The highest BCUT2D eigenvalue weighted by Gasteiger charge is 2.23. The zero-order chi connectivity index (χ0) is 35.0. The summed E-state index contributed by atoms with van der Waals surface area (Å²) in [6, 6.07) is 29.9. The molecule has 0 atom stereocenters. The molecule has 51 heavy (non-hydrogen) atoms. The minimum atomic E-state index is 0.316. The number of hydrogen-bond acceptors (Lipinski definition) is 9. The largest absolute Gasteiger partial charge is 0.493 e. The summed E-state index contributed by atoms with van der Waals surface area (Å²) >= 11 is 0. The summed E-state index contributed by atoms with van der Waals surface area (Å²) in [6.07, 6.45) is 7.21. The van der Waals surface area contributed by atoms with E-state index in [2.05, 4.69) is 51.4 Å². The Morgan fingerprint density at radius 3 is 0.902 bits per heavy atom. The van der Waals surface area contributed by atoms with Gasteiger partial charge in [0.05, 0.1) is 38.4 Å². The molecule has 0 N–H and O–H groups in total. The van der Waals surface area contributed by atoms with Crippen molar-refractivity contribution in [3.05, 3.63) is 160 Å². The SMILES string of the molecule is COc1cc2c(cc1OCc1ccccn1)Cc1cc(OC)c(OCc3ccccn3)cc1Cc1cc(OC)c(OCc3ccccn3)cc1C2. The minimum Gasteiger partial charge on any atom is -0.493 e. The average Bonchev–Trinajstić information content (AvgIpc) is 3.24. The molecule has 0 aliphatic heterocycles. The Hall–Kier alpha value is -6.09. The number of ether oxygens (including phenoxy) is 6. The second kappa shape index (κ2) is 15.6. The molecule has 0 unspecified atom stereocenters. The number of fused-ring (bicyclic) bond motifs is 3. The zero-order valence-corrected chi connectivity index (χ0v) is 28.9. The molecule has 258 valence electrons. The lowest BCUT2D eigenvalue weighted by Gasteiger charge is -2.18. The van der Waals surface area contributed by atoms with Crippen LogP contribution >= 0.6 is 0 Å². The highest BCUT2D eigenvalue weighted by Crippen LogP contribution is 2.41. The second-order valence-electron chi connectivity index (χ2n) is 12.2. The summed E-state index contributed by atoms with van der Waals surface area (Å²) in [6.45, 7) is 0.949. The van der Waals surface area contributed by atoms with E-state index in [4.69, 9.17) is 28.4 Å². The van der Waals surface area contributed by atoms with E-state index in [-0.39, 0.29) is 0 Å². The third-order valence-electron chi connectivity index (χ3n) is 8.91. The van der Waals surface area contributed by atoms with Crippen LogP contribution in [0.4, 0.5) is 0 Å². The maximum absolute atomic E-state index is 6.32. The Morgan fingerprint density at radius 2 is 0.667 bits per heavy atom. The smallest absolute Gasteiger partial charge is 0.162 e. The third-order valence-corrected chi connectivity index (χ3v) is 8.91. The predicted octanol–water partition coefficient (Wildman–Crippen LogP) is 7.72. The quantitative estimate of drug-likeness (QED) is 0.129. The first-order valence-corrected chi connectivity index (χ1v) is 16.8. The van der Waals surface area contributed by atoms with Gasteiger partial charge in [0.2, 0.25) is 0 Å². The molecule has 0 spiro atoms. The van der Waals surface area contributed by atoms with Crippen LogP contribution in [0, 0.1) is 0 Å². The van der Waals surface area contributed by atoms with Crippen LogP contribution in [0.3, 0.4) is 0 Å². The van der Waals surface area contributed by atoms with Crippen LogP contribution in [0.5, 0.6) is 34.5 Å². The van der Waals surface area contributed by atoms with Gasteiger partial charge in [0.1, 0.15) is 19.8 Å². The van der Waals surface area contributed by atoms with Gasteiger partial charge in [-0.1, -0.05) is 18.2 Å². The van der Waals surface area contributed by atoms with Crippen LogP contribution in [0.15, 0.2) is 110 Å². The molecule has 9 nitrogen and oxygen atoms in total. The maximum Gasteiger partial charge on any atom is 0.162 e. The van der Waals surface area contributed by atoms with E-state index in [1.807, 2.05) is 54.6 Å². The summed E-state index contributed by atoms with van der Waals surface area (Å²) in [5.41, 5.74) is 9.16. The highest BCUT2D eigenvalue weighted by molar-refractivity contribution is 5.58. The van der Waals surface area contributed by atoms with Gasteiger partial charge >= 0.3 is 0 Å². The van der Waals surface area contributed by atoms with E-state index in [9.17, 15) is 0 Å². The van der Waals surface area contributed by atoms with Gasteiger partial charge in [0, 0.05) is 18.6 Å². The third kappa shape index (κ3) is 7.88. The lowest BCUT2D eigenvalue weighted by molar-refractivity contribution is 0.280. The van der Waals surface area contributed by atoms with Crippen LogP contribution in [-0.4, -0.2) is 36.3 Å². The van der Waals surface area contributed by atoms with Gasteiger partial charge in [-0.05, 0) is 125 Å². The molecule has 1 aliphatic rings. The molecule has 0 saturated heterocycles. The van der Waals surface area contributed by atoms with Crippen LogP contribution in [-0.2, 0) is 39.1 Å². The van der Waals surface area contributed by atoms with Crippen LogP contribution < -0.4 is 28.4 Å². The topological polar surface area (TPSA) is 94.1 Å². The molecule has 3 aromatic heterocycles. The normalized spacial score (nSPS) is 11.8. The average molecular weight is 682 g/mol. The lowest BCUT2D eigenvalue weighted by atomic mass is 9.94. The Kier molecular flexibility index (Phi) is 10.2. The molecular formula is C42H39N3O6. The van der Waals surface area contributed by atoms with Gasteiger partial charge in [-0.2, -0.15) is 0 Å². The van der Waals surface area contributed by atoms with Gasteiger partial charge in [-0.25, -0.2) is 0 Å². The monoisotopic (exact) mass is 681 g/mol. The standard InChI is InChI=1S/C42H39N3O6/c1-46-37-19-28-16-32-23-41(50-26-35-11-5-8-14-44-35)39(48-3)21-30(32)18-33-24-42(51-27-36-12-6-9-15-45-36)38(47-2)20-29(33)17-31(28)22-40(37)49-25-34-10-4-7-13-43-34/h4-15,19-24H,16-18,25-27H2,1-3H3. The summed E-state index contributed by atoms with van der Waals surface area (Å²) in [5, 5.41) is 0. The molecule has 9 heteroatoms. The Balaban J connectivity index is 1.31. The van der Waals surface area contributed by atoms with Gasteiger partial charge in [-0.15, -0.1) is 0 Å². The van der Waals surface area contributed by atoms with Crippen molar-refractivity contribution < 1.29 is 28.4 Å². The van der Waals surface area contributed by atoms with E-state index in [1.165, 1.54) is 0 Å². The molecule has 0 radical (unpaired) electrons. The molecule has 7 rings (SSSR count). The van der Waals surface area contributed by atoms with Crippen molar-refractivity contribution in [2.45, 2.75) is 39.1 Å². The lowest BCUT2D eigenvalue weighted by Crippen LogP contribution is -2.05. The predicted molar refractivity (Wildman–Crippen MR) is 193 cm³/mol. The number of benzene rings is 3. The summed E-state index contributed by atoms with van der Waals surface area (Å²) in [5.74, 6) is 3.92. The molecule has 3 heterocycles. The summed E-state index contributed by atoms with van der Waals surface area (Å²) in [7, 11) is 5.00. The number of nitrogens with zero attached hydrogens (tertiary/aromatic N) is 3. The van der Waals surface area contributed by atoms with E-state index in [0.717, 1.165) is 50.5 Å². The van der Waals surface area contributed by atoms with Crippen molar-refractivity contribution in [2.24, 2.45) is 0 Å². The number of rotatable bonds is 12. The van der Waals surface area contributed by atoms with Crippen molar-refractivity contribution in [1.82, 2.24) is 15.0 Å². The van der Waals surface area contributed by atoms with Crippen molar-refractivity contribution in [3.63, 3.8) is 0 Å². The fourth-order valence-corrected chi connectivity index (χ4v) is 6.26. The summed E-state index contributed by atoms with van der Waals surface area (Å²) < 4.78 is 36.6. The molecular weight excluding hydrogens is 642 g/mol. The summed E-state index contributed by atoms with van der Waals surface area (Å²) in [4.78, 5) is 13.3. The van der Waals surface area contributed by atoms with Crippen LogP contribution in [0.25, 0.3) is 0 Å². The first kappa shape index (κ1) is 33.4. The number of pyridine rings is 3. The zero-order valence-electron chi connectivity index (χ0n) is 28.9. The minimum absolute atomic E-state index is 0.316. The van der Waals surface area contributed by atoms with Crippen LogP contribution in [0.2, 0.25) is 0 Å². The van der Waals surface area contributed by atoms with E-state index in [1.54, 1.807) is 39.9 Å². The Labute approximate surface area is 297 Å². The Morgan fingerprint density at radius 1 is 0.392 bits per heavy atom. The number of methoxy groups -OCH3 is 3. The van der Waals surface area contributed by atoms with E-state index >= 15 is 0 Å². The first-order valence-electron chi connectivity index (χ1n) is 16.8.